The lowest BCUT2D eigenvalue weighted by Gasteiger charge is -2.24. The summed E-state index contributed by atoms with van der Waals surface area (Å²) in [7, 11) is -2.06. The fraction of sp³-hybridized carbons (Fsp3) is 0.286. The first-order valence-corrected chi connectivity index (χ1v) is 10.3. The molecule has 3 rings (SSSR count). The summed E-state index contributed by atoms with van der Waals surface area (Å²) in [5, 5.41) is 0. The van der Waals surface area contributed by atoms with Gasteiger partial charge in [0.05, 0.1) is 17.8 Å². The van der Waals surface area contributed by atoms with Crippen molar-refractivity contribution in [3.8, 4) is 5.75 Å². The van der Waals surface area contributed by atoms with Gasteiger partial charge in [-0.05, 0) is 43.3 Å². The van der Waals surface area contributed by atoms with E-state index >= 15 is 0 Å². The standard InChI is InChI=1S/C21H23NO4S/c1-15-5-7-17(8-6-15)22-13-21(3,16(2)20(22)23)14-27(24,25)19-11-9-18(26-4)10-12-19/h5-12H,2,13-14H2,1,3-4H3. The number of ether oxygens (including phenoxy) is 1. The van der Waals surface area contributed by atoms with Crippen LogP contribution >= 0.6 is 0 Å². The number of carbonyl (C=O) groups excluding carboxylic acids is 1. The van der Waals surface area contributed by atoms with Gasteiger partial charge in [0.25, 0.3) is 5.91 Å². The van der Waals surface area contributed by atoms with Gasteiger partial charge in [0.2, 0.25) is 0 Å². The molecule has 0 N–H and O–H groups in total. The Bertz CT molecular complexity index is 978. The molecule has 1 heterocycles. The highest BCUT2D eigenvalue weighted by atomic mass is 32.2. The number of benzene rings is 2. The molecule has 2 aromatic rings. The summed E-state index contributed by atoms with van der Waals surface area (Å²) in [4.78, 5) is 14.5. The Kier molecular flexibility index (Phi) is 4.86. The van der Waals surface area contributed by atoms with Crippen LogP contribution in [0, 0.1) is 12.3 Å². The molecule has 0 spiro atoms. The lowest BCUT2D eigenvalue weighted by atomic mass is 9.88. The van der Waals surface area contributed by atoms with Crippen LogP contribution in [0.5, 0.6) is 5.75 Å². The minimum Gasteiger partial charge on any atom is -0.497 e. The van der Waals surface area contributed by atoms with Crippen LogP contribution in [-0.4, -0.2) is 33.7 Å². The molecule has 0 radical (unpaired) electrons. The molecular formula is C21H23NO4S. The number of hydrogen-bond acceptors (Lipinski definition) is 4. The van der Waals surface area contributed by atoms with Crippen LogP contribution in [0.2, 0.25) is 0 Å². The minimum atomic E-state index is -3.59. The zero-order valence-electron chi connectivity index (χ0n) is 15.7. The van der Waals surface area contributed by atoms with Gasteiger partial charge in [-0.25, -0.2) is 8.42 Å². The number of amides is 1. The van der Waals surface area contributed by atoms with E-state index in [1.54, 1.807) is 24.0 Å². The second kappa shape index (κ2) is 6.85. The second-order valence-electron chi connectivity index (χ2n) is 7.20. The van der Waals surface area contributed by atoms with Crippen molar-refractivity contribution in [3.05, 3.63) is 66.2 Å². The van der Waals surface area contributed by atoms with Gasteiger partial charge in [-0.2, -0.15) is 0 Å². The summed E-state index contributed by atoms with van der Waals surface area (Å²) in [5.41, 5.74) is 1.30. The molecule has 5 nitrogen and oxygen atoms in total. The number of carbonyl (C=O) groups is 1. The molecule has 1 aliphatic heterocycles. The number of methoxy groups -OCH3 is 1. The van der Waals surface area contributed by atoms with Gasteiger partial charge < -0.3 is 9.64 Å². The van der Waals surface area contributed by atoms with Gasteiger partial charge in [0.15, 0.2) is 9.84 Å². The Morgan fingerprint density at radius 3 is 2.26 bits per heavy atom. The third kappa shape index (κ3) is 3.62. The van der Waals surface area contributed by atoms with Crippen molar-refractivity contribution in [2.45, 2.75) is 18.7 Å². The smallest absolute Gasteiger partial charge is 0.254 e. The van der Waals surface area contributed by atoms with E-state index in [4.69, 9.17) is 4.74 Å². The summed E-state index contributed by atoms with van der Waals surface area (Å²) in [5.74, 6) is 0.177. The average Bonchev–Trinajstić information content (AvgIpc) is 2.86. The minimum absolute atomic E-state index is 0.181. The van der Waals surface area contributed by atoms with Gasteiger partial charge >= 0.3 is 0 Å². The molecule has 2 aromatic carbocycles. The van der Waals surface area contributed by atoms with Gasteiger partial charge in [-0.15, -0.1) is 0 Å². The molecule has 6 heteroatoms. The number of hydrogen-bond donors (Lipinski definition) is 0. The fourth-order valence-corrected chi connectivity index (χ4v) is 5.11. The highest BCUT2D eigenvalue weighted by Crippen LogP contribution is 2.40. The maximum absolute atomic E-state index is 12.9. The average molecular weight is 385 g/mol. The molecule has 1 fully saturated rings. The van der Waals surface area contributed by atoms with E-state index in [1.807, 2.05) is 31.2 Å². The summed E-state index contributed by atoms with van der Waals surface area (Å²) >= 11 is 0. The highest BCUT2D eigenvalue weighted by molar-refractivity contribution is 7.91. The van der Waals surface area contributed by atoms with E-state index in [-0.39, 0.29) is 23.1 Å². The normalized spacial score (nSPS) is 20.2. The van der Waals surface area contributed by atoms with Crippen molar-refractivity contribution in [2.24, 2.45) is 5.41 Å². The summed E-state index contributed by atoms with van der Waals surface area (Å²) in [6.07, 6.45) is 0. The predicted molar refractivity (Wildman–Crippen MR) is 106 cm³/mol. The number of nitrogens with zero attached hydrogens (tertiary/aromatic N) is 1. The first kappa shape index (κ1) is 19.2. The highest BCUT2D eigenvalue weighted by Gasteiger charge is 2.46. The quantitative estimate of drug-likeness (QED) is 0.740. The molecule has 142 valence electrons. The summed E-state index contributed by atoms with van der Waals surface area (Å²) < 4.78 is 30.9. The molecule has 0 aliphatic carbocycles. The van der Waals surface area contributed by atoms with Crippen LogP contribution in [0.1, 0.15) is 12.5 Å². The SMILES string of the molecule is C=C1C(=O)N(c2ccc(C)cc2)CC1(C)CS(=O)(=O)c1ccc(OC)cc1. The van der Waals surface area contributed by atoms with E-state index in [0.29, 0.717) is 11.3 Å². The molecule has 1 atom stereocenters. The summed E-state index contributed by atoms with van der Waals surface area (Å²) in [6, 6.07) is 13.9. The zero-order chi connectivity index (χ0) is 19.8. The van der Waals surface area contributed by atoms with E-state index in [1.165, 1.54) is 19.2 Å². The number of aryl methyl sites for hydroxylation is 1. The van der Waals surface area contributed by atoms with Crippen molar-refractivity contribution in [1.29, 1.82) is 0 Å². The van der Waals surface area contributed by atoms with Crippen LogP contribution in [-0.2, 0) is 14.6 Å². The largest absolute Gasteiger partial charge is 0.497 e. The third-order valence-electron chi connectivity index (χ3n) is 5.01. The Balaban J connectivity index is 1.87. The Morgan fingerprint density at radius 2 is 1.70 bits per heavy atom. The maximum atomic E-state index is 12.9. The first-order valence-electron chi connectivity index (χ1n) is 8.61. The molecule has 0 bridgehead atoms. The predicted octanol–water partition coefficient (Wildman–Crippen LogP) is 3.39. The summed E-state index contributed by atoms with van der Waals surface area (Å²) in [6.45, 7) is 7.94. The van der Waals surface area contributed by atoms with E-state index in [9.17, 15) is 13.2 Å². The number of sulfone groups is 1. The van der Waals surface area contributed by atoms with E-state index < -0.39 is 15.3 Å². The lowest BCUT2D eigenvalue weighted by molar-refractivity contribution is -0.114. The Morgan fingerprint density at radius 1 is 1.11 bits per heavy atom. The molecule has 1 aliphatic rings. The number of rotatable bonds is 5. The van der Waals surface area contributed by atoms with Gasteiger partial charge in [-0.3, -0.25) is 4.79 Å². The van der Waals surface area contributed by atoms with E-state index in [0.717, 1.165) is 11.3 Å². The van der Waals surface area contributed by atoms with Gasteiger partial charge in [-0.1, -0.05) is 31.2 Å². The Labute approximate surface area is 160 Å². The van der Waals surface area contributed by atoms with Crippen LogP contribution in [0.3, 0.4) is 0 Å². The van der Waals surface area contributed by atoms with E-state index in [2.05, 4.69) is 6.58 Å². The topological polar surface area (TPSA) is 63.7 Å². The van der Waals surface area contributed by atoms with Crippen LogP contribution in [0.15, 0.2) is 65.6 Å². The van der Waals surface area contributed by atoms with Crippen molar-refractivity contribution in [3.63, 3.8) is 0 Å². The fourth-order valence-electron chi connectivity index (χ4n) is 3.29. The number of anilines is 1. The van der Waals surface area contributed by atoms with Gasteiger partial charge in [0.1, 0.15) is 5.75 Å². The maximum Gasteiger partial charge on any atom is 0.254 e. The van der Waals surface area contributed by atoms with Gasteiger partial charge in [0, 0.05) is 23.2 Å². The molecular weight excluding hydrogens is 362 g/mol. The van der Waals surface area contributed by atoms with Crippen molar-refractivity contribution in [1.82, 2.24) is 0 Å². The third-order valence-corrected chi connectivity index (χ3v) is 7.02. The monoisotopic (exact) mass is 385 g/mol. The van der Waals surface area contributed by atoms with Crippen molar-refractivity contribution >= 4 is 21.4 Å². The molecule has 0 saturated carbocycles. The van der Waals surface area contributed by atoms with Crippen LogP contribution in [0.25, 0.3) is 0 Å². The van der Waals surface area contributed by atoms with Crippen LogP contribution < -0.4 is 9.64 Å². The van der Waals surface area contributed by atoms with Crippen molar-refractivity contribution in [2.75, 3.05) is 24.3 Å². The zero-order valence-corrected chi connectivity index (χ0v) is 16.5. The molecule has 1 saturated heterocycles. The second-order valence-corrected chi connectivity index (χ2v) is 9.19. The first-order chi connectivity index (χ1) is 12.7. The molecule has 0 aromatic heterocycles. The van der Waals surface area contributed by atoms with Crippen LogP contribution in [0.4, 0.5) is 5.69 Å². The molecule has 27 heavy (non-hydrogen) atoms. The molecule has 1 unspecified atom stereocenters. The van der Waals surface area contributed by atoms with Crippen molar-refractivity contribution < 1.29 is 17.9 Å². The lowest BCUT2D eigenvalue weighted by Crippen LogP contribution is -2.32. The Hall–Kier alpha value is -2.60. The molecule has 1 amide bonds.